The Kier molecular flexibility index (Phi) is 7.68. The monoisotopic (exact) mass is 446 g/mol. The van der Waals surface area contributed by atoms with Gasteiger partial charge in [-0.1, -0.05) is 20.1 Å². The summed E-state index contributed by atoms with van der Waals surface area (Å²) in [6.45, 7) is 10.5. The van der Waals surface area contributed by atoms with Crippen LogP contribution in [0.1, 0.15) is 26.7 Å². The van der Waals surface area contributed by atoms with Gasteiger partial charge in [-0.2, -0.15) is 0 Å². The van der Waals surface area contributed by atoms with Crippen molar-refractivity contribution in [1.29, 1.82) is 0 Å². The minimum Gasteiger partial charge on any atom is -0.337 e. The fourth-order valence-corrected chi connectivity index (χ4v) is 5.89. The number of hydrogen-bond donors (Lipinski definition) is 0. The fourth-order valence-electron chi connectivity index (χ4n) is 2.54. The highest BCUT2D eigenvalue weighted by atomic mass is 31.2. The van der Waals surface area contributed by atoms with Crippen molar-refractivity contribution >= 4 is 28.8 Å². The molecule has 2 aliphatic rings. The molecule has 2 rings (SSSR count). The molecule has 1 unspecified atom stereocenters. The van der Waals surface area contributed by atoms with Crippen LogP contribution in [0.5, 0.6) is 0 Å². The van der Waals surface area contributed by atoms with E-state index in [1.807, 2.05) is 20.5 Å². The van der Waals surface area contributed by atoms with Crippen molar-refractivity contribution in [2.45, 2.75) is 26.7 Å². The predicted octanol–water partition coefficient (Wildman–Crippen LogP) is 4.46. The lowest BCUT2D eigenvalue weighted by atomic mass is 9.88. The molecule has 8 nitrogen and oxygen atoms in total. The highest BCUT2D eigenvalue weighted by Gasteiger charge is 2.42. The Morgan fingerprint density at radius 3 is 1.67 bits per heavy atom. The third-order valence-electron chi connectivity index (χ3n) is 5.21. The van der Waals surface area contributed by atoms with E-state index < -0.39 is 27.9 Å². The van der Waals surface area contributed by atoms with E-state index in [0.29, 0.717) is 19.6 Å². The van der Waals surface area contributed by atoms with Crippen LogP contribution < -0.4 is 0 Å². The first-order chi connectivity index (χ1) is 12.4. The van der Waals surface area contributed by atoms with E-state index in [-0.39, 0.29) is 31.8 Å². The van der Waals surface area contributed by atoms with Gasteiger partial charge in [0.1, 0.15) is 7.34 Å². The predicted molar refractivity (Wildman–Crippen MR) is 108 cm³/mol. The van der Waals surface area contributed by atoms with E-state index in [9.17, 15) is 9.13 Å². The van der Waals surface area contributed by atoms with Gasteiger partial charge >= 0.3 is 15.2 Å². The number of hydrogen-bond acceptors (Lipinski definition) is 8. The van der Waals surface area contributed by atoms with Gasteiger partial charge in [-0.25, -0.2) is 0 Å². The molecule has 2 aliphatic heterocycles. The van der Waals surface area contributed by atoms with Gasteiger partial charge < -0.3 is 27.1 Å². The van der Waals surface area contributed by atoms with Crippen LogP contribution in [-0.4, -0.2) is 65.9 Å². The molecule has 0 radical (unpaired) electrons. The van der Waals surface area contributed by atoms with Crippen LogP contribution in [-0.2, 0) is 36.3 Å². The highest BCUT2D eigenvalue weighted by molar-refractivity contribution is 7.63. The van der Waals surface area contributed by atoms with E-state index in [2.05, 4.69) is 6.30 Å². The van der Waals surface area contributed by atoms with Gasteiger partial charge in [0.25, 0.3) is 0 Å². The van der Waals surface area contributed by atoms with Gasteiger partial charge in [-0.3, -0.25) is 9.13 Å². The maximum Gasteiger partial charge on any atom is 0.327 e. The Morgan fingerprint density at radius 1 is 0.926 bits per heavy atom. The van der Waals surface area contributed by atoms with Crippen LogP contribution in [0.3, 0.4) is 0 Å². The largest absolute Gasteiger partial charge is 0.337 e. The van der Waals surface area contributed by atoms with E-state index in [4.69, 9.17) is 27.1 Å². The molecule has 0 saturated carbocycles. The average molecular weight is 446 g/mol. The fraction of sp³-hybridized carbons (Fsp3) is 0.938. The van der Waals surface area contributed by atoms with Crippen LogP contribution in [0.15, 0.2) is 0 Å². The summed E-state index contributed by atoms with van der Waals surface area (Å²) < 4.78 is 58.1. The van der Waals surface area contributed by atoms with Crippen molar-refractivity contribution < 1.29 is 36.3 Å². The van der Waals surface area contributed by atoms with Gasteiger partial charge in [0.15, 0.2) is 0 Å². The Labute approximate surface area is 162 Å². The molecule has 27 heavy (non-hydrogen) atoms. The molecule has 11 heteroatoms. The second kappa shape index (κ2) is 8.71. The van der Waals surface area contributed by atoms with Crippen LogP contribution in [0.2, 0.25) is 0 Å². The first-order valence-corrected chi connectivity index (χ1v) is 15.3. The summed E-state index contributed by atoms with van der Waals surface area (Å²) in [7, 11) is -8.29. The van der Waals surface area contributed by atoms with Gasteiger partial charge in [-0.15, -0.1) is 0 Å². The zero-order chi connectivity index (χ0) is 20.4. The van der Waals surface area contributed by atoms with Gasteiger partial charge in [0, 0.05) is 30.8 Å². The summed E-state index contributed by atoms with van der Waals surface area (Å²) in [4.78, 5) is 0. The van der Waals surface area contributed by atoms with Crippen LogP contribution in [0.4, 0.5) is 0 Å². The van der Waals surface area contributed by atoms with Crippen molar-refractivity contribution in [3.63, 3.8) is 0 Å². The summed E-state index contributed by atoms with van der Waals surface area (Å²) in [6, 6.07) is 0. The lowest BCUT2D eigenvalue weighted by Crippen LogP contribution is -2.40. The molecule has 0 N–H and O–H groups in total. The smallest absolute Gasteiger partial charge is 0.327 e. The summed E-state index contributed by atoms with van der Waals surface area (Å²) in [5, 5.41) is 0. The molecule has 0 bridgehead atoms. The summed E-state index contributed by atoms with van der Waals surface area (Å²) in [5.41, 5.74) is -0.848. The molecule has 0 amide bonds. The average Bonchev–Trinajstić information content (AvgIpc) is 2.61. The van der Waals surface area contributed by atoms with Crippen LogP contribution >= 0.6 is 22.5 Å². The van der Waals surface area contributed by atoms with Gasteiger partial charge in [-0.05, 0) is 12.8 Å². The molecule has 160 valence electrons. The van der Waals surface area contributed by atoms with E-state index >= 15 is 0 Å². The summed E-state index contributed by atoms with van der Waals surface area (Å²) >= 11 is 0. The Bertz CT molecular complexity index is 588. The standard InChI is InChI=1S/C16H33O8P3/c1-7-15(9-19-25(3,4)20-10-15)11-21-26(5,17)22-12-16(8-2)13-23-27(6,18)24-14-16/h3,7-14H2,1-2,4-6H3. The third kappa shape index (κ3) is 6.77. The van der Waals surface area contributed by atoms with Crippen molar-refractivity contribution in [3.8, 4) is 0 Å². The zero-order valence-corrected chi connectivity index (χ0v) is 19.7. The van der Waals surface area contributed by atoms with Gasteiger partial charge in [0.2, 0.25) is 0 Å². The summed E-state index contributed by atoms with van der Waals surface area (Å²) in [5.74, 6) is 0. The van der Waals surface area contributed by atoms with Crippen LogP contribution in [0.25, 0.3) is 0 Å². The van der Waals surface area contributed by atoms with Crippen LogP contribution in [0, 0.1) is 10.8 Å². The molecule has 0 aromatic rings. The van der Waals surface area contributed by atoms with Crippen molar-refractivity contribution in [3.05, 3.63) is 0 Å². The molecule has 0 spiro atoms. The van der Waals surface area contributed by atoms with E-state index in [1.165, 1.54) is 13.3 Å². The highest BCUT2D eigenvalue weighted by Crippen LogP contribution is 2.55. The lowest BCUT2D eigenvalue weighted by Gasteiger charge is -2.41. The minimum atomic E-state index is -3.30. The molecule has 2 heterocycles. The summed E-state index contributed by atoms with van der Waals surface area (Å²) in [6.07, 6.45) is 5.39. The first-order valence-electron chi connectivity index (χ1n) is 9.09. The van der Waals surface area contributed by atoms with Crippen molar-refractivity contribution in [2.24, 2.45) is 10.8 Å². The van der Waals surface area contributed by atoms with Crippen molar-refractivity contribution in [1.82, 2.24) is 0 Å². The third-order valence-corrected chi connectivity index (χ3v) is 8.95. The maximum absolute atomic E-state index is 12.8. The lowest BCUT2D eigenvalue weighted by molar-refractivity contribution is -0.0272. The second-order valence-electron chi connectivity index (χ2n) is 7.90. The minimum absolute atomic E-state index is 0.145. The van der Waals surface area contributed by atoms with E-state index in [1.54, 1.807) is 0 Å². The SMILES string of the molecule is C=P1(C)OCC(CC)(COP(C)(=O)OCC2(CC)COP(C)(=O)OC2)CO1. The molecular formula is C16H33O8P3. The molecule has 0 aliphatic carbocycles. The Hall–Kier alpha value is 0.520. The molecule has 2 fully saturated rings. The second-order valence-corrected chi connectivity index (χ2v) is 14.6. The first kappa shape index (κ1) is 23.8. The number of rotatable bonds is 8. The van der Waals surface area contributed by atoms with Crippen molar-refractivity contribution in [2.75, 3.05) is 59.6 Å². The van der Waals surface area contributed by atoms with Gasteiger partial charge in [0.05, 0.1) is 39.6 Å². The van der Waals surface area contributed by atoms with E-state index in [0.717, 1.165) is 6.42 Å². The zero-order valence-electron chi connectivity index (χ0n) is 17.0. The molecular weight excluding hydrogens is 413 g/mol. The topological polar surface area (TPSA) is 89.5 Å². The molecule has 0 aromatic carbocycles. The Balaban J connectivity index is 1.90. The molecule has 2 saturated heterocycles. The molecule has 0 aromatic heterocycles. The Morgan fingerprint density at radius 2 is 1.30 bits per heavy atom. The maximum atomic E-state index is 12.8. The normalized spacial score (nSPS) is 42.6. The molecule has 1 atom stereocenters. The quantitative estimate of drug-likeness (QED) is 0.505.